The topological polar surface area (TPSA) is 113 Å². The van der Waals surface area contributed by atoms with Gasteiger partial charge in [0.1, 0.15) is 5.75 Å². The number of nitrogens with one attached hydrogen (secondary N) is 1. The van der Waals surface area contributed by atoms with E-state index >= 15 is 0 Å². The van der Waals surface area contributed by atoms with Crippen molar-refractivity contribution < 1.29 is 27.3 Å². The number of ether oxygens (including phenoxy) is 1. The minimum atomic E-state index is -4.64. The lowest BCUT2D eigenvalue weighted by Crippen LogP contribution is -2.53. The predicted molar refractivity (Wildman–Crippen MR) is 81.6 cm³/mol. The molecule has 0 radical (unpaired) electrons. The van der Waals surface area contributed by atoms with E-state index in [1.54, 1.807) is 0 Å². The van der Waals surface area contributed by atoms with Crippen LogP contribution in [0.15, 0.2) is 35.5 Å². The van der Waals surface area contributed by atoms with Gasteiger partial charge < -0.3 is 10.1 Å². The first kappa shape index (κ1) is 17.3. The Morgan fingerprint density at radius 1 is 1.39 bits per heavy atom. The van der Waals surface area contributed by atoms with Gasteiger partial charge in [-0.1, -0.05) is 11.6 Å². The standard InChI is InChI=1S/C13H13ClN2O6S/c1-8(17)9-2-4-10(5-3-9)22-7-16-12(23(19,20)21)11(14)6-15-13(16)18/h2-6,12H,7H2,1H3,(H,15,18)(H,19,20,21). The van der Waals surface area contributed by atoms with Gasteiger partial charge in [0.25, 0.3) is 10.1 Å². The molecule has 0 aliphatic carbocycles. The van der Waals surface area contributed by atoms with Crippen LogP contribution in [0.25, 0.3) is 0 Å². The molecule has 0 aromatic heterocycles. The van der Waals surface area contributed by atoms with Crippen molar-refractivity contribution in [3.8, 4) is 5.75 Å². The second-order valence-electron chi connectivity index (χ2n) is 4.67. The van der Waals surface area contributed by atoms with Crippen LogP contribution in [0.2, 0.25) is 0 Å². The summed E-state index contributed by atoms with van der Waals surface area (Å²) < 4.78 is 37.3. The van der Waals surface area contributed by atoms with Crippen molar-refractivity contribution in [2.75, 3.05) is 6.73 Å². The number of hydrogen-bond donors (Lipinski definition) is 2. The molecular formula is C13H13ClN2O6S. The van der Waals surface area contributed by atoms with E-state index in [1.165, 1.54) is 31.2 Å². The third-order valence-corrected chi connectivity index (χ3v) is 4.54. The Morgan fingerprint density at radius 2 is 2.00 bits per heavy atom. The number of benzene rings is 1. The molecule has 0 saturated carbocycles. The summed E-state index contributed by atoms with van der Waals surface area (Å²) in [5.74, 6) is 0.192. The number of amides is 2. The Bertz CT molecular complexity index is 759. The zero-order chi connectivity index (χ0) is 17.2. The molecule has 1 atom stereocenters. The van der Waals surface area contributed by atoms with Crippen LogP contribution in [-0.2, 0) is 10.1 Å². The number of rotatable bonds is 5. The largest absolute Gasteiger partial charge is 0.473 e. The Hall–Kier alpha value is -2.10. The van der Waals surface area contributed by atoms with E-state index in [9.17, 15) is 22.6 Å². The molecule has 1 aromatic rings. The number of carbonyl (C=O) groups excluding carboxylic acids is 2. The van der Waals surface area contributed by atoms with Crippen LogP contribution in [0.4, 0.5) is 4.79 Å². The summed E-state index contributed by atoms with van der Waals surface area (Å²) in [7, 11) is -4.64. The van der Waals surface area contributed by atoms with E-state index in [0.29, 0.717) is 11.3 Å². The zero-order valence-corrected chi connectivity index (χ0v) is 13.5. The lowest BCUT2D eigenvalue weighted by molar-refractivity contribution is 0.101. The molecule has 0 spiro atoms. The molecule has 124 valence electrons. The van der Waals surface area contributed by atoms with E-state index in [1.807, 2.05) is 0 Å². The van der Waals surface area contributed by atoms with Crippen molar-refractivity contribution in [3.05, 3.63) is 41.1 Å². The Labute approximate surface area is 137 Å². The Kier molecular flexibility index (Phi) is 4.93. The van der Waals surface area contributed by atoms with E-state index in [2.05, 4.69) is 5.32 Å². The van der Waals surface area contributed by atoms with E-state index < -0.39 is 28.3 Å². The first-order valence-electron chi connectivity index (χ1n) is 6.33. The monoisotopic (exact) mass is 360 g/mol. The lowest BCUT2D eigenvalue weighted by atomic mass is 10.1. The zero-order valence-electron chi connectivity index (χ0n) is 11.9. The van der Waals surface area contributed by atoms with E-state index in [-0.39, 0.29) is 10.8 Å². The highest BCUT2D eigenvalue weighted by molar-refractivity contribution is 7.86. The van der Waals surface area contributed by atoms with Crippen LogP contribution < -0.4 is 10.1 Å². The number of hydrogen-bond acceptors (Lipinski definition) is 5. The summed E-state index contributed by atoms with van der Waals surface area (Å²) in [6, 6.07) is 5.26. The fraction of sp³-hybridized carbons (Fsp3) is 0.231. The van der Waals surface area contributed by atoms with Gasteiger partial charge in [-0.2, -0.15) is 8.42 Å². The molecule has 23 heavy (non-hydrogen) atoms. The second-order valence-corrected chi connectivity index (χ2v) is 6.58. The summed E-state index contributed by atoms with van der Waals surface area (Å²) in [6.45, 7) is 0.943. The predicted octanol–water partition coefficient (Wildman–Crippen LogP) is 1.54. The maximum Gasteiger partial charge on any atom is 0.325 e. The fourth-order valence-electron chi connectivity index (χ4n) is 1.90. The molecule has 1 aliphatic heterocycles. The molecule has 10 heteroatoms. The van der Waals surface area contributed by atoms with E-state index in [0.717, 1.165) is 11.1 Å². The maximum atomic E-state index is 11.8. The number of urea groups is 1. The Morgan fingerprint density at radius 3 is 2.52 bits per heavy atom. The molecule has 2 amide bonds. The van der Waals surface area contributed by atoms with Crippen molar-refractivity contribution in [2.24, 2.45) is 0 Å². The molecule has 0 saturated heterocycles. The lowest BCUT2D eigenvalue weighted by Gasteiger charge is -2.31. The van der Waals surface area contributed by atoms with Crippen molar-refractivity contribution in [1.29, 1.82) is 0 Å². The highest BCUT2D eigenvalue weighted by atomic mass is 35.5. The molecule has 1 unspecified atom stereocenters. The van der Waals surface area contributed by atoms with Crippen molar-refractivity contribution in [2.45, 2.75) is 12.3 Å². The molecule has 1 heterocycles. The quantitative estimate of drug-likeness (QED) is 0.608. The third-order valence-electron chi connectivity index (χ3n) is 3.03. The van der Waals surface area contributed by atoms with Gasteiger partial charge in [0.2, 0.25) is 5.37 Å². The number of halogens is 1. The van der Waals surface area contributed by atoms with Crippen molar-refractivity contribution in [1.82, 2.24) is 10.2 Å². The molecule has 2 N–H and O–H groups in total. The summed E-state index contributed by atoms with van der Waals surface area (Å²) in [4.78, 5) is 23.7. The number of ketones is 1. The molecule has 8 nitrogen and oxygen atoms in total. The van der Waals surface area contributed by atoms with Gasteiger partial charge >= 0.3 is 6.03 Å². The van der Waals surface area contributed by atoms with E-state index in [4.69, 9.17) is 16.3 Å². The SMILES string of the molecule is CC(=O)c1ccc(OCN2C(=O)NC=C(Cl)C2S(=O)(=O)O)cc1. The molecule has 2 rings (SSSR count). The minimum Gasteiger partial charge on any atom is -0.473 e. The van der Waals surface area contributed by atoms with Gasteiger partial charge in [-0.05, 0) is 31.2 Å². The number of nitrogens with zero attached hydrogens (tertiary/aromatic N) is 1. The van der Waals surface area contributed by atoms with Crippen LogP contribution in [0.5, 0.6) is 5.75 Å². The minimum absolute atomic E-state index is 0.115. The summed E-state index contributed by atoms with van der Waals surface area (Å²) in [5, 5.41) is 0.220. The highest BCUT2D eigenvalue weighted by Gasteiger charge is 2.39. The Balaban J connectivity index is 2.15. The average Bonchev–Trinajstić information content (AvgIpc) is 2.47. The summed E-state index contributed by atoms with van der Waals surface area (Å²) in [6.07, 6.45) is 0.987. The molecular weight excluding hydrogens is 348 g/mol. The van der Waals surface area contributed by atoms with Crippen LogP contribution in [0, 0.1) is 0 Å². The maximum absolute atomic E-state index is 11.8. The van der Waals surface area contributed by atoms with Crippen molar-refractivity contribution in [3.63, 3.8) is 0 Å². The van der Waals surface area contributed by atoms with Crippen LogP contribution >= 0.6 is 11.6 Å². The first-order chi connectivity index (χ1) is 10.7. The second kappa shape index (κ2) is 6.57. The molecule has 0 fully saturated rings. The smallest absolute Gasteiger partial charge is 0.325 e. The van der Waals surface area contributed by atoms with Gasteiger partial charge in [-0.25, -0.2) is 4.79 Å². The van der Waals surface area contributed by atoms with Gasteiger partial charge in [-0.3, -0.25) is 14.2 Å². The van der Waals surface area contributed by atoms with Crippen molar-refractivity contribution >= 4 is 33.5 Å². The van der Waals surface area contributed by atoms with Crippen LogP contribution in [0.1, 0.15) is 17.3 Å². The van der Waals surface area contributed by atoms with Gasteiger partial charge in [-0.15, -0.1) is 0 Å². The highest BCUT2D eigenvalue weighted by Crippen LogP contribution is 2.23. The summed E-state index contributed by atoms with van der Waals surface area (Å²) in [5.41, 5.74) is 0.481. The molecule has 0 bridgehead atoms. The average molecular weight is 361 g/mol. The first-order valence-corrected chi connectivity index (χ1v) is 8.21. The normalized spacial score (nSPS) is 18.2. The third kappa shape index (κ3) is 4.01. The molecule has 1 aromatic carbocycles. The van der Waals surface area contributed by atoms with Crippen LogP contribution in [-0.4, -0.2) is 41.8 Å². The number of carbonyl (C=O) groups is 2. The number of Topliss-reactive ketones (excluding diaryl/α,β-unsaturated/α-hetero) is 1. The summed E-state index contributed by atoms with van der Waals surface area (Å²) >= 11 is 5.74. The van der Waals surface area contributed by atoms with Gasteiger partial charge in [0.15, 0.2) is 12.5 Å². The molecule has 1 aliphatic rings. The van der Waals surface area contributed by atoms with Gasteiger partial charge in [0, 0.05) is 11.8 Å². The van der Waals surface area contributed by atoms with Crippen LogP contribution in [0.3, 0.4) is 0 Å². The van der Waals surface area contributed by atoms with Gasteiger partial charge in [0.05, 0.1) is 5.03 Å². The fourth-order valence-corrected chi connectivity index (χ4v) is 3.24.